The standard InChI is InChI=1S/C17H41N3OSi/c1-7-10-17(2)21-22-16-15-20(13-8-11-18(3)4)14-9-12-19(5)6/h17H,7-16,22H2,1-6H3. The zero-order valence-corrected chi connectivity index (χ0v) is 17.5. The van der Waals surface area contributed by atoms with E-state index in [1.54, 1.807) is 0 Å². The van der Waals surface area contributed by atoms with E-state index in [2.05, 4.69) is 56.7 Å². The van der Waals surface area contributed by atoms with Crippen LogP contribution in [0.4, 0.5) is 0 Å². The largest absolute Gasteiger partial charge is 0.421 e. The lowest BCUT2D eigenvalue weighted by Gasteiger charge is -2.24. The Kier molecular flexibility index (Phi) is 14.7. The normalized spacial score (nSPS) is 14.0. The van der Waals surface area contributed by atoms with E-state index in [1.807, 2.05) is 0 Å². The van der Waals surface area contributed by atoms with Crippen molar-refractivity contribution in [2.75, 3.05) is 60.9 Å². The van der Waals surface area contributed by atoms with Gasteiger partial charge in [0.05, 0.1) is 0 Å². The van der Waals surface area contributed by atoms with Gasteiger partial charge in [-0.05, 0) is 93.1 Å². The Morgan fingerprint density at radius 2 is 1.41 bits per heavy atom. The fraction of sp³-hybridized carbons (Fsp3) is 1.00. The monoisotopic (exact) mass is 331 g/mol. The van der Waals surface area contributed by atoms with E-state index in [-0.39, 0.29) is 9.76 Å². The van der Waals surface area contributed by atoms with Gasteiger partial charge in [0.1, 0.15) is 0 Å². The maximum absolute atomic E-state index is 6.01. The van der Waals surface area contributed by atoms with Crippen LogP contribution in [0.25, 0.3) is 0 Å². The third kappa shape index (κ3) is 15.0. The minimum absolute atomic E-state index is 0.340. The molecular formula is C17H41N3OSi. The SMILES string of the molecule is CCCC(C)O[SiH2]CCN(CCCN(C)C)CCCN(C)C. The molecule has 0 fully saturated rings. The zero-order chi connectivity index (χ0) is 16.8. The van der Waals surface area contributed by atoms with Crippen molar-refractivity contribution in [2.45, 2.75) is 51.7 Å². The van der Waals surface area contributed by atoms with Gasteiger partial charge in [-0.3, -0.25) is 0 Å². The lowest BCUT2D eigenvalue weighted by molar-refractivity contribution is 0.213. The quantitative estimate of drug-likeness (QED) is 0.337. The van der Waals surface area contributed by atoms with Gasteiger partial charge in [-0.2, -0.15) is 0 Å². The molecule has 0 heterocycles. The molecule has 0 aliphatic rings. The molecule has 0 radical (unpaired) electrons. The van der Waals surface area contributed by atoms with E-state index in [9.17, 15) is 0 Å². The van der Waals surface area contributed by atoms with Gasteiger partial charge in [0.15, 0.2) is 9.76 Å². The Labute approximate surface area is 142 Å². The van der Waals surface area contributed by atoms with Crippen molar-refractivity contribution in [3.8, 4) is 0 Å². The number of hydrogen-bond donors (Lipinski definition) is 0. The van der Waals surface area contributed by atoms with Crippen molar-refractivity contribution in [2.24, 2.45) is 0 Å². The molecule has 0 spiro atoms. The summed E-state index contributed by atoms with van der Waals surface area (Å²) in [6, 6.07) is 1.29. The maximum Gasteiger partial charge on any atom is 0.163 e. The molecule has 4 nitrogen and oxygen atoms in total. The van der Waals surface area contributed by atoms with Gasteiger partial charge in [0.2, 0.25) is 0 Å². The van der Waals surface area contributed by atoms with Crippen LogP contribution in [0.5, 0.6) is 0 Å². The molecule has 0 saturated heterocycles. The van der Waals surface area contributed by atoms with Crippen molar-refractivity contribution < 1.29 is 4.43 Å². The summed E-state index contributed by atoms with van der Waals surface area (Å²) >= 11 is 0. The van der Waals surface area contributed by atoms with Gasteiger partial charge in [-0.1, -0.05) is 13.3 Å². The molecule has 0 aliphatic heterocycles. The molecule has 5 heteroatoms. The average molecular weight is 332 g/mol. The Balaban J connectivity index is 3.89. The summed E-state index contributed by atoms with van der Waals surface area (Å²) in [5.74, 6) is 0. The molecule has 22 heavy (non-hydrogen) atoms. The van der Waals surface area contributed by atoms with Crippen LogP contribution in [0.2, 0.25) is 6.04 Å². The number of hydrogen-bond acceptors (Lipinski definition) is 4. The van der Waals surface area contributed by atoms with Crippen LogP contribution in [0.15, 0.2) is 0 Å². The first kappa shape index (κ1) is 22.1. The predicted molar refractivity (Wildman–Crippen MR) is 102 cm³/mol. The molecule has 0 N–H and O–H groups in total. The number of nitrogens with zero attached hydrogens (tertiary/aromatic N) is 3. The molecule has 0 amide bonds. The molecule has 0 aromatic heterocycles. The zero-order valence-electron chi connectivity index (χ0n) is 16.1. The highest BCUT2D eigenvalue weighted by Crippen LogP contribution is 2.02. The summed E-state index contributed by atoms with van der Waals surface area (Å²) in [6.45, 7) is 10.5. The fourth-order valence-electron chi connectivity index (χ4n) is 2.62. The van der Waals surface area contributed by atoms with E-state index in [0.29, 0.717) is 6.10 Å². The van der Waals surface area contributed by atoms with Crippen LogP contribution < -0.4 is 0 Å². The smallest absolute Gasteiger partial charge is 0.163 e. The van der Waals surface area contributed by atoms with Crippen LogP contribution in [0.3, 0.4) is 0 Å². The van der Waals surface area contributed by atoms with Crippen molar-refractivity contribution in [1.29, 1.82) is 0 Å². The Morgan fingerprint density at radius 1 is 0.864 bits per heavy atom. The van der Waals surface area contributed by atoms with Crippen molar-refractivity contribution in [1.82, 2.24) is 14.7 Å². The van der Waals surface area contributed by atoms with E-state index in [0.717, 1.165) is 0 Å². The van der Waals surface area contributed by atoms with Gasteiger partial charge in [-0.15, -0.1) is 0 Å². The third-order valence-electron chi connectivity index (χ3n) is 3.88. The third-order valence-corrected chi connectivity index (χ3v) is 5.29. The minimum atomic E-state index is -0.340. The minimum Gasteiger partial charge on any atom is -0.421 e. The van der Waals surface area contributed by atoms with Crippen LogP contribution in [-0.2, 0) is 4.43 Å². The van der Waals surface area contributed by atoms with Crippen molar-refractivity contribution in [3.63, 3.8) is 0 Å². The Bertz CT molecular complexity index is 226. The average Bonchev–Trinajstić information content (AvgIpc) is 2.42. The van der Waals surface area contributed by atoms with Gasteiger partial charge in [0.25, 0.3) is 0 Å². The first-order valence-corrected chi connectivity index (χ1v) is 10.7. The first-order valence-electron chi connectivity index (χ1n) is 9.09. The summed E-state index contributed by atoms with van der Waals surface area (Å²) in [6.07, 6.45) is 5.46. The molecular weight excluding hydrogens is 290 g/mol. The van der Waals surface area contributed by atoms with Gasteiger partial charge in [-0.25, -0.2) is 0 Å². The molecule has 1 atom stereocenters. The highest BCUT2D eigenvalue weighted by molar-refractivity contribution is 6.27. The van der Waals surface area contributed by atoms with Gasteiger partial charge < -0.3 is 19.1 Å². The summed E-state index contributed by atoms with van der Waals surface area (Å²) in [5.41, 5.74) is 0. The predicted octanol–water partition coefficient (Wildman–Crippen LogP) is 1.90. The summed E-state index contributed by atoms with van der Waals surface area (Å²) in [4.78, 5) is 7.21. The molecule has 0 saturated carbocycles. The second-order valence-electron chi connectivity index (χ2n) is 6.98. The van der Waals surface area contributed by atoms with Crippen LogP contribution in [-0.4, -0.2) is 91.5 Å². The van der Waals surface area contributed by atoms with E-state index >= 15 is 0 Å². The number of rotatable bonds is 15. The summed E-state index contributed by atoms with van der Waals surface area (Å²) in [7, 11) is 8.30. The van der Waals surface area contributed by atoms with Crippen LogP contribution in [0, 0.1) is 0 Å². The van der Waals surface area contributed by atoms with Gasteiger partial charge in [0, 0.05) is 6.10 Å². The molecule has 1 unspecified atom stereocenters. The summed E-state index contributed by atoms with van der Waals surface area (Å²) < 4.78 is 6.01. The second-order valence-corrected chi connectivity index (χ2v) is 8.43. The Morgan fingerprint density at radius 3 is 1.86 bits per heavy atom. The van der Waals surface area contributed by atoms with E-state index in [1.165, 1.54) is 64.5 Å². The topological polar surface area (TPSA) is 19.0 Å². The summed E-state index contributed by atoms with van der Waals surface area (Å²) in [5, 5.41) is 0. The molecule has 0 bridgehead atoms. The highest BCUT2D eigenvalue weighted by Gasteiger charge is 2.07. The molecule has 0 aromatic rings. The molecule has 134 valence electrons. The van der Waals surface area contributed by atoms with Crippen molar-refractivity contribution >= 4 is 9.76 Å². The van der Waals surface area contributed by atoms with Crippen LogP contribution >= 0.6 is 0 Å². The lowest BCUT2D eigenvalue weighted by Crippen LogP contribution is -2.32. The highest BCUT2D eigenvalue weighted by atomic mass is 28.2. The van der Waals surface area contributed by atoms with Crippen molar-refractivity contribution in [3.05, 3.63) is 0 Å². The molecule has 0 rings (SSSR count). The van der Waals surface area contributed by atoms with E-state index < -0.39 is 0 Å². The molecule has 0 aliphatic carbocycles. The first-order chi connectivity index (χ1) is 10.5. The fourth-order valence-corrected chi connectivity index (χ4v) is 3.93. The van der Waals surface area contributed by atoms with Crippen LogP contribution in [0.1, 0.15) is 39.5 Å². The second kappa shape index (κ2) is 14.6. The van der Waals surface area contributed by atoms with E-state index in [4.69, 9.17) is 4.43 Å². The maximum atomic E-state index is 6.01. The van der Waals surface area contributed by atoms with Gasteiger partial charge >= 0.3 is 0 Å². The Hall–Kier alpha value is 0.0569. The lowest BCUT2D eigenvalue weighted by atomic mass is 10.2. The molecule has 0 aromatic carbocycles.